The highest BCUT2D eigenvalue weighted by Crippen LogP contribution is 2.52. The zero-order valence-corrected chi connectivity index (χ0v) is 10.6. The average molecular weight is 259 g/mol. The van der Waals surface area contributed by atoms with Crippen LogP contribution in [-0.4, -0.2) is 17.4 Å². The van der Waals surface area contributed by atoms with Gasteiger partial charge in [0.05, 0.1) is 23.8 Å². The standard InChI is InChI=1S/C13H13N3O3/c1-12(4-3-5-19-12)13(2)8(6-14)10(17)16-11(18)9(13)7-15/h3,5,8-9H,4H2,1-2H3,(H,16,17,18). The number of piperidine rings is 1. The van der Waals surface area contributed by atoms with Gasteiger partial charge < -0.3 is 4.74 Å². The Morgan fingerprint density at radius 1 is 1.26 bits per heavy atom. The lowest BCUT2D eigenvalue weighted by Gasteiger charge is -2.49. The minimum Gasteiger partial charge on any atom is -0.494 e. The highest BCUT2D eigenvalue weighted by Gasteiger charge is 2.63. The summed E-state index contributed by atoms with van der Waals surface area (Å²) in [6.07, 6.45) is 3.68. The molecular formula is C13H13N3O3. The third-order valence-electron chi connectivity index (χ3n) is 4.30. The molecule has 6 nitrogen and oxygen atoms in total. The predicted molar refractivity (Wildman–Crippen MR) is 62.7 cm³/mol. The van der Waals surface area contributed by atoms with Crippen LogP contribution < -0.4 is 5.32 Å². The summed E-state index contributed by atoms with van der Waals surface area (Å²) in [4.78, 5) is 23.7. The van der Waals surface area contributed by atoms with Gasteiger partial charge in [0.15, 0.2) is 0 Å². The Morgan fingerprint density at radius 2 is 1.79 bits per heavy atom. The topological polar surface area (TPSA) is 103 Å². The summed E-state index contributed by atoms with van der Waals surface area (Å²) < 4.78 is 5.53. The van der Waals surface area contributed by atoms with Crippen LogP contribution in [0.15, 0.2) is 12.3 Å². The molecule has 0 aromatic heterocycles. The molecule has 0 saturated carbocycles. The van der Waals surface area contributed by atoms with Gasteiger partial charge >= 0.3 is 0 Å². The van der Waals surface area contributed by atoms with Crippen molar-refractivity contribution in [1.29, 1.82) is 10.5 Å². The van der Waals surface area contributed by atoms with Crippen molar-refractivity contribution in [3.63, 3.8) is 0 Å². The summed E-state index contributed by atoms with van der Waals surface area (Å²) >= 11 is 0. The van der Waals surface area contributed by atoms with Gasteiger partial charge in [0.25, 0.3) is 0 Å². The van der Waals surface area contributed by atoms with E-state index in [1.54, 1.807) is 19.9 Å². The van der Waals surface area contributed by atoms with Crippen LogP contribution in [0.3, 0.4) is 0 Å². The number of amides is 2. The van der Waals surface area contributed by atoms with E-state index in [0.717, 1.165) is 0 Å². The van der Waals surface area contributed by atoms with E-state index < -0.39 is 34.7 Å². The Balaban J connectivity index is 2.58. The van der Waals surface area contributed by atoms with Crippen LogP contribution in [0.4, 0.5) is 0 Å². The number of carbonyl (C=O) groups excluding carboxylic acids is 2. The molecule has 1 fully saturated rings. The van der Waals surface area contributed by atoms with Crippen LogP contribution in [0.2, 0.25) is 0 Å². The molecule has 19 heavy (non-hydrogen) atoms. The molecule has 3 atom stereocenters. The molecule has 2 aliphatic heterocycles. The minimum atomic E-state index is -1.20. The van der Waals surface area contributed by atoms with Gasteiger partial charge in [-0.15, -0.1) is 0 Å². The zero-order chi connectivity index (χ0) is 14.3. The third kappa shape index (κ3) is 1.53. The molecule has 3 unspecified atom stereocenters. The summed E-state index contributed by atoms with van der Waals surface area (Å²) in [5.41, 5.74) is -2.12. The monoisotopic (exact) mass is 259 g/mol. The predicted octanol–water partition coefficient (Wildman–Crippen LogP) is 0.621. The van der Waals surface area contributed by atoms with E-state index in [1.165, 1.54) is 6.26 Å². The van der Waals surface area contributed by atoms with Crippen molar-refractivity contribution in [1.82, 2.24) is 5.32 Å². The molecule has 1 N–H and O–H groups in total. The fourth-order valence-corrected chi connectivity index (χ4v) is 2.84. The summed E-state index contributed by atoms with van der Waals surface area (Å²) in [6.45, 7) is 3.31. The van der Waals surface area contributed by atoms with Crippen LogP contribution in [0.25, 0.3) is 0 Å². The molecule has 6 heteroatoms. The van der Waals surface area contributed by atoms with Gasteiger partial charge in [-0.05, 0) is 13.0 Å². The number of hydrogen-bond acceptors (Lipinski definition) is 5. The summed E-state index contributed by atoms with van der Waals surface area (Å²) in [5.74, 6) is -3.56. The molecule has 0 aromatic rings. The molecule has 2 amide bonds. The molecule has 0 aliphatic carbocycles. The van der Waals surface area contributed by atoms with E-state index >= 15 is 0 Å². The second kappa shape index (κ2) is 4.10. The van der Waals surface area contributed by atoms with E-state index in [2.05, 4.69) is 5.32 Å². The van der Waals surface area contributed by atoms with Crippen molar-refractivity contribution >= 4 is 11.8 Å². The van der Waals surface area contributed by atoms with Gasteiger partial charge in [-0.2, -0.15) is 10.5 Å². The molecule has 98 valence electrons. The SMILES string of the molecule is CC1(C2(C)C(C#N)C(=O)NC(=O)C2C#N)CC=CO1. The summed E-state index contributed by atoms with van der Waals surface area (Å²) in [7, 11) is 0. The smallest absolute Gasteiger partial charge is 0.244 e. The molecule has 0 aromatic carbocycles. The first-order valence-electron chi connectivity index (χ1n) is 5.87. The van der Waals surface area contributed by atoms with Crippen molar-refractivity contribution in [2.75, 3.05) is 0 Å². The Morgan fingerprint density at radius 3 is 2.16 bits per heavy atom. The first kappa shape index (κ1) is 13.1. The number of imide groups is 1. The maximum atomic E-state index is 11.9. The van der Waals surface area contributed by atoms with Gasteiger partial charge in [0, 0.05) is 6.42 Å². The minimum absolute atomic E-state index is 0.445. The Labute approximate surface area is 110 Å². The van der Waals surface area contributed by atoms with Crippen molar-refractivity contribution in [2.45, 2.75) is 25.9 Å². The van der Waals surface area contributed by atoms with Gasteiger partial charge in [-0.25, -0.2) is 0 Å². The quantitative estimate of drug-likeness (QED) is 0.695. The van der Waals surface area contributed by atoms with E-state index in [9.17, 15) is 20.1 Å². The maximum Gasteiger partial charge on any atom is 0.244 e. The van der Waals surface area contributed by atoms with Gasteiger partial charge in [-0.3, -0.25) is 14.9 Å². The molecule has 2 heterocycles. The van der Waals surface area contributed by atoms with Crippen LogP contribution in [-0.2, 0) is 14.3 Å². The molecule has 2 rings (SSSR count). The van der Waals surface area contributed by atoms with E-state index in [4.69, 9.17) is 4.74 Å². The van der Waals surface area contributed by atoms with Gasteiger partial charge in [0.1, 0.15) is 17.4 Å². The molecule has 0 spiro atoms. The number of hydrogen-bond donors (Lipinski definition) is 1. The zero-order valence-electron chi connectivity index (χ0n) is 10.6. The lowest BCUT2D eigenvalue weighted by molar-refractivity contribution is -0.161. The average Bonchev–Trinajstić information content (AvgIpc) is 2.78. The number of nitriles is 2. The van der Waals surface area contributed by atoms with Gasteiger partial charge in [0.2, 0.25) is 11.8 Å². The van der Waals surface area contributed by atoms with E-state index in [0.29, 0.717) is 6.42 Å². The van der Waals surface area contributed by atoms with Crippen molar-refractivity contribution in [2.24, 2.45) is 17.3 Å². The Hall–Kier alpha value is -2.34. The summed E-state index contributed by atoms with van der Waals surface area (Å²) in [6, 6.07) is 3.82. The fourth-order valence-electron chi connectivity index (χ4n) is 2.84. The number of carbonyl (C=O) groups is 2. The number of rotatable bonds is 1. The van der Waals surface area contributed by atoms with Crippen LogP contribution in [0, 0.1) is 39.9 Å². The molecule has 0 radical (unpaired) electrons. The van der Waals surface area contributed by atoms with Crippen LogP contribution >= 0.6 is 0 Å². The molecule has 0 bridgehead atoms. The highest BCUT2D eigenvalue weighted by molar-refractivity contribution is 6.03. The molecule has 1 saturated heterocycles. The number of nitrogens with one attached hydrogen (secondary N) is 1. The lowest BCUT2D eigenvalue weighted by atomic mass is 9.56. The van der Waals surface area contributed by atoms with Gasteiger partial charge in [-0.1, -0.05) is 6.92 Å². The molecular weight excluding hydrogens is 246 g/mol. The maximum absolute atomic E-state index is 11.9. The van der Waals surface area contributed by atoms with Crippen LogP contribution in [0.5, 0.6) is 0 Å². The number of nitrogens with zero attached hydrogens (tertiary/aromatic N) is 2. The van der Waals surface area contributed by atoms with E-state index in [-0.39, 0.29) is 0 Å². The van der Waals surface area contributed by atoms with Crippen molar-refractivity contribution in [3.8, 4) is 12.1 Å². The first-order valence-corrected chi connectivity index (χ1v) is 5.87. The Kier molecular flexibility index (Phi) is 2.83. The summed E-state index contributed by atoms with van der Waals surface area (Å²) in [5, 5.41) is 20.6. The van der Waals surface area contributed by atoms with Crippen LogP contribution in [0.1, 0.15) is 20.3 Å². The largest absolute Gasteiger partial charge is 0.494 e. The fraction of sp³-hybridized carbons (Fsp3) is 0.538. The molecule has 2 aliphatic rings. The normalized spacial score (nSPS) is 41.1. The lowest BCUT2D eigenvalue weighted by Crippen LogP contribution is -2.64. The second-order valence-corrected chi connectivity index (χ2v) is 5.19. The van der Waals surface area contributed by atoms with E-state index in [1.807, 2.05) is 12.1 Å². The highest BCUT2D eigenvalue weighted by atomic mass is 16.5. The first-order chi connectivity index (χ1) is 8.90. The third-order valence-corrected chi connectivity index (χ3v) is 4.30. The second-order valence-electron chi connectivity index (χ2n) is 5.19. The number of ether oxygens (including phenoxy) is 1. The van der Waals surface area contributed by atoms with Crippen molar-refractivity contribution < 1.29 is 14.3 Å². The Bertz CT molecular complexity index is 512. The van der Waals surface area contributed by atoms with Crippen molar-refractivity contribution in [3.05, 3.63) is 12.3 Å².